The summed E-state index contributed by atoms with van der Waals surface area (Å²) in [4.78, 5) is 54.1. The topological polar surface area (TPSA) is 198 Å². The monoisotopic (exact) mass is 1300 g/mol. The van der Waals surface area contributed by atoms with Gasteiger partial charge >= 0.3 is 23.9 Å². The lowest BCUT2D eigenvalue weighted by atomic mass is 9.99. The molecular weight excluding hydrogens is 1160 g/mol. The molecule has 1 saturated heterocycles. The van der Waals surface area contributed by atoms with Crippen molar-refractivity contribution < 1.29 is 65.7 Å². The molecule has 0 saturated carbocycles. The van der Waals surface area contributed by atoms with Gasteiger partial charge in [0, 0.05) is 25.7 Å². The summed E-state index contributed by atoms with van der Waals surface area (Å²) < 4.78 is 70.8. The van der Waals surface area contributed by atoms with Gasteiger partial charge in [0.15, 0.2) is 24.6 Å². The maximum atomic E-state index is 13.8. The van der Waals surface area contributed by atoms with Gasteiger partial charge in [-0.1, -0.05) is 322 Å². The fourth-order valence-corrected chi connectivity index (χ4v) is 12.8. The summed E-state index contributed by atoms with van der Waals surface area (Å²) in [5.74, 6) is -3.37. The molecule has 90 heavy (non-hydrogen) atoms. The van der Waals surface area contributed by atoms with Crippen molar-refractivity contribution in [3.63, 3.8) is 0 Å². The minimum absolute atomic E-state index is 0.00952. The minimum Gasteiger partial charge on any atom is -0.462 e. The van der Waals surface area contributed by atoms with Crippen LogP contribution in [0.2, 0.25) is 0 Å². The molecule has 0 amide bonds. The smallest absolute Gasteiger partial charge is 0.306 e. The van der Waals surface area contributed by atoms with Crippen molar-refractivity contribution in [3.05, 3.63) is 12.2 Å². The lowest BCUT2D eigenvalue weighted by Gasteiger charge is -2.43. The molecule has 2 N–H and O–H groups in total. The number of ether oxygens (including phenoxy) is 6. The number of esters is 4. The summed E-state index contributed by atoms with van der Waals surface area (Å²) in [7, 11) is -4.77. The zero-order chi connectivity index (χ0) is 65.6. The van der Waals surface area contributed by atoms with Crippen LogP contribution >= 0.6 is 0 Å². The third-order valence-corrected chi connectivity index (χ3v) is 18.5. The lowest BCUT2D eigenvalue weighted by molar-refractivity contribution is -0.302. The Labute approximate surface area is 552 Å². The third kappa shape index (κ3) is 53.7. The molecule has 1 aliphatic rings. The quantitative estimate of drug-likeness (QED) is 0.0192. The predicted octanol–water partition coefficient (Wildman–Crippen LogP) is 20.7. The van der Waals surface area contributed by atoms with Crippen LogP contribution in [-0.2, 0) is 57.7 Å². The zero-order valence-electron chi connectivity index (χ0n) is 58.5. The van der Waals surface area contributed by atoms with Gasteiger partial charge in [0.1, 0.15) is 24.6 Å². The standard InChI is InChI=1S/C75H140O14S/c1-5-9-13-17-21-25-29-33-34-38-39-43-47-51-55-59-68(76)84-63-66(86-69(77)60-56-52-48-44-40-35-30-26-22-18-14-10-6-2)64-85-75-74(89-71(79)62-58-54-50-46-42-37-32-28-24-20-16-12-8-4)73(72(80)67(87-75)65-90(81,82)83)88-70(78)61-57-53-49-45-41-36-31-27-23-19-15-11-7-3/h33-34,66-67,72-75,80H,5-32,35-65H2,1-4H3,(H,81,82,83). The van der Waals surface area contributed by atoms with E-state index >= 15 is 0 Å². The number of unbranched alkanes of at least 4 members (excludes halogenated alkanes) is 47. The second-order valence-electron chi connectivity index (χ2n) is 26.6. The Balaban J connectivity index is 3.14. The molecule has 0 aromatic heterocycles. The number of allylic oxidation sites excluding steroid dienone is 2. The first kappa shape index (κ1) is 85.4. The number of hydrogen-bond donors (Lipinski definition) is 2. The number of aliphatic hydroxyl groups is 1. The SMILES string of the molecule is CCCCCCCCC=CCCCCCCCC(=O)OCC(COC1OC(CS(=O)(=O)O)C(O)C(OC(=O)CCCCCCCCCCCCCCC)C1OC(=O)CCCCCCCCCCCCCCC)OC(=O)CCCCCCCCCCCCCCC. The molecule has 6 atom stereocenters. The van der Waals surface area contributed by atoms with E-state index in [-0.39, 0.29) is 32.3 Å². The Morgan fingerprint density at radius 3 is 1.01 bits per heavy atom. The summed E-state index contributed by atoms with van der Waals surface area (Å²) in [5.41, 5.74) is 0. The molecule has 1 fully saturated rings. The van der Waals surface area contributed by atoms with Crippen LogP contribution in [0.3, 0.4) is 0 Å². The van der Waals surface area contributed by atoms with Crippen molar-refractivity contribution in [2.45, 2.75) is 424 Å². The zero-order valence-corrected chi connectivity index (χ0v) is 59.4. The molecule has 0 bridgehead atoms. The summed E-state index contributed by atoms with van der Waals surface area (Å²) in [6.07, 6.45) is 54.4. The van der Waals surface area contributed by atoms with Gasteiger partial charge in [-0.25, -0.2) is 0 Å². The van der Waals surface area contributed by atoms with Crippen LogP contribution in [0.4, 0.5) is 0 Å². The second kappa shape index (κ2) is 62.5. The number of hydrogen-bond acceptors (Lipinski definition) is 13. The van der Waals surface area contributed by atoms with Crippen LogP contribution in [0.5, 0.6) is 0 Å². The van der Waals surface area contributed by atoms with Crippen LogP contribution in [-0.4, -0.2) is 97.7 Å². The van der Waals surface area contributed by atoms with E-state index in [4.69, 9.17) is 28.4 Å². The van der Waals surface area contributed by atoms with E-state index in [9.17, 15) is 37.3 Å². The molecule has 14 nitrogen and oxygen atoms in total. The summed E-state index contributed by atoms with van der Waals surface area (Å²) in [6, 6.07) is 0. The highest BCUT2D eigenvalue weighted by atomic mass is 32.2. The minimum atomic E-state index is -4.77. The van der Waals surface area contributed by atoms with Gasteiger partial charge in [0.25, 0.3) is 10.1 Å². The van der Waals surface area contributed by atoms with Gasteiger partial charge in [0.05, 0.1) is 6.61 Å². The maximum Gasteiger partial charge on any atom is 0.306 e. The van der Waals surface area contributed by atoms with Crippen LogP contribution < -0.4 is 0 Å². The normalized spacial score (nSPS) is 17.2. The molecule has 15 heteroatoms. The fraction of sp³-hybridized carbons (Fsp3) is 0.920. The molecule has 1 aliphatic heterocycles. The van der Waals surface area contributed by atoms with Gasteiger partial charge in [-0.3, -0.25) is 23.7 Å². The molecule has 0 aromatic carbocycles. The maximum absolute atomic E-state index is 13.8. The van der Waals surface area contributed by atoms with Gasteiger partial charge in [-0.2, -0.15) is 8.42 Å². The van der Waals surface area contributed by atoms with Gasteiger partial charge in [-0.15, -0.1) is 0 Å². The molecule has 0 aromatic rings. The lowest BCUT2D eigenvalue weighted by Crippen LogP contribution is -2.62. The Bertz CT molecular complexity index is 1790. The van der Waals surface area contributed by atoms with Gasteiger partial charge in [0.2, 0.25) is 0 Å². The Kier molecular flexibility index (Phi) is 59.3. The van der Waals surface area contributed by atoms with Crippen molar-refractivity contribution in [1.82, 2.24) is 0 Å². The van der Waals surface area contributed by atoms with Crippen LogP contribution in [0.1, 0.15) is 387 Å². The first-order valence-electron chi connectivity index (χ1n) is 38.1. The van der Waals surface area contributed by atoms with E-state index in [2.05, 4.69) is 39.8 Å². The van der Waals surface area contributed by atoms with Crippen molar-refractivity contribution >= 4 is 34.0 Å². The van der Waals surface area contributed by atoms with Gasteiger partial charge < -0.3 is 33.5 Å². The molecular formula is C75H140O14S. The molecule has 0 radical (unpaired) electrons. The predicted molar refractivity (Wildman–Crippen MR) is 368 cm³/mol. The highest BCUT2D eigenvalue weighted by Crippen LogP contribution is 2.30. The largest absolute Gasteiger partial charge is 0.462 e. The van der Waals surface area contributed by atoms with Gasteiger partial charge in [-0.05, 0) is 51.4 Å². The van der Waals surface area contributed by atoms with E-state index < -0.39 is 83.2 Å². The Morgan fingerprint density at radius 1 is 0.389 bits per heavy atom. The van der Waals surface area contributed by atoms with Crippen molar-refractivity contribution in [3.8, 4) is 0 Å². The number of aliphatic hydroxyl groups excluding tert-OH is 1. The van der Waals surface area contributed by atoms with E-state index in [1.54, 1.807) is 0 Å². The molecule has 0 aliphatic carbocycles. The fourth-order valence-electron chi connectivity index (χ4n) is 12.1. The number of carbonyl (C=O) groups is 4. The van der Waals surface area contributed by atoms with Crippen LogP contribution in [0.15, 0.2) is 12.2 Å². The summed E-state index contributed by atoms with van der Waals surface area (Å²) >= 11 is 0. The summed E-state index contributed by atoms with van der Waals surface area (Å²) in [5, 5.41) is 11.7. The number of rotatable bonds is 67. The van der Waals surface area contributed by atoms with E-state index in [1.165, 1.54) is 199 Å². The molecule has 1 heterocycles. The molecule has 6 unspecified atom stereocenters. The Morgan fingerprint density at radius 2 is 0.678 bits per heavy atom. The third-order valence-electron chi connectivity index (χ3n) is 17.8. The average molecular weight is 1300 g/mol. The molecule has 1 rings (SSSR count). The van der Waals surface area contributed by atoms with Crippen LogP contribution in [0, 0.1) is 0 Å². The first-order chi connectivity index (χ1) is 43.8. The highest BCUT2D eigenvalue weighted by Gasteiger charge is 2.51. The second-order valence-corrected chi connectivity index (χ2v) is 28.1. The Hall–Kier alpha value is -2.59. The average Bonchev–Trinajstić information content (AvgIpc) is 0.890. The molecule has 0 spiro atoms. The molecule has 530 valence electrons. The van der Waals surface area contributed by atoms with Crippen molar-refractivity contribution in [2.24, 2.45) is 0 Å². The first-order valence-corrected chi connectivity index (χ1v) is 39.7. The highest BCUT2D eigenvalue weighted by molar-refractivity contribution is 7.85. The summed E-state index contributed by atoms with van der Waals surface area (Å²) in [6.45, 7) is 8.15. The van der Waals surface area contributed by atoms with E-state index in [0.29, 0.717) is 25.7 Å². The van der Waals surface area contributed by atoms with Crippen LogP contribution in [0.25, 0.3) is 0 Å². The van der Waals surface area contributed by atoms with E-state index in [0.717, 1.165) is 109 Å². The van der Waals surface area contributed by atoms with Crippen molar-refractivity contribution in [2.75, 3.05) is 19.0 Å². The number of carbonyl (C=O) groups excluding carboxylic acids is 4. The van der Waals surface area contributed by atoms with E-state index in [1.807, 2.05) is 0 Å². The van der Waals surface area contributed by atoms with Crippen molar-refractivity contribution in [1.29, 1.82) is 0 Å².